The van der Waals surface area contributed by atoms with E-state index < -0.39 is 0 Å². The lowest BCUT2D eigenvalue weighted by atomic mass is 9.48. The van der Waals surface area contributed by atoms with E-state index >= 15 is 0 Å². The first-order chi connectivity index (χ1) is 15.5. The molecule has 6 nitrogen and oxygen atoms in total. The van der Waals surface area contributed by atoms with Gasteiger partial charge in [-0.3, -0.25) is 9.59 Å². The van der Waals surface area contributed by atoms with Crippen LogP contribution in [0.1, 0.15) is 97.3 Å². The van der Waals surface area contributed by atoms with Crippen LogP contribution < -0.4 is 5.32 Å². The Morgan fingerprint density at radius 3 is 2.09 bits per heavy atom. The largest absolute Gasteiger partial charge is 0.466 e. The molecule has 6 heteroatoms. The fourth-order valence-corrected chi connectivity index (χ4v) is 7.04. The van der Waals surface area contributed by atoms with Gasteiger partial charge in [0.1, 0.15) is 6.04 Å². The van der Waals surface area contributed by atoms with Crippen molar-refractivity contribution in [3.05, 3.63) is 0 Å². The fourth-order valence-electron chi connectivity index (χ4n) is 7.04. The zero-order valence-electron chi connectivity index (χ0n) is 20.3. The predicted octanol–water partition coefficient (Wildman–Crippen LogP) is 4.38. The molecule has 0 aliphatic heterocycles. The lowest BCUT2D eigenvalue weighted by molar-refractivity contribution is -0.146. The molecule has 184 valence electrons. The normalized spacial score (nSPS) is 30.2. The molecule has 2 unspecified atom stereocenters. The van der Waals surface area contributed by atoms with Crippen molar-refractivity contribution >= 4 is 11.9 Å². The maximum atomic E-state index is 12.4. The van der Waals surface area contributed by atoms with E-state index in [9.17, 15) is 14.7 Å². The number of ether oxygens (including phenoxy) is 2. The van der Waals surface area contributed by atoms with Gasteiger partial charge in [-0.2, -0.15) is 0 Å². The van der Waals surface area contributed by atoms with Crippen LogP contribution in [0, 0.1) is 23.2 Å². The monoisotopic (exact) mass is 451 g/mol. The second kappa shape index (κ2) is 12.4. The van der Waals surface area contributed by atoms with Crippen molar-refractivity contribution in [1.29, 1.82) is 0 Å². The van der Waals surface area contributed by atoms with Crippen LogP contribution in [-0.4, -0.2) is 48.9 Å². The number of aliphatic hydroxyl groups is 1. The highest BCUT2D eigenvalue weighted by Crippen LogP contribution is 2.61. The molecule has 4 fully saturated rings. The Labute approximate surface area is 194 Å². The summed E-state index contributed by atoms with van der Waals surface area (Å²) in [5.74, 6) is 2.18. The summed E-state index contributed by atoms with van der Waals surface area (Å²) in [5, 5.41) is 14.5. The summed E-state index contributed by atoms with van der Waals surface area (Å²) < 4.78 is 10.2. The van der Waals surface area contributed by atoms with Crippen LogP contribution in [-0.2, 0) is 19.1 Å². The molecule has 4 aliphatic rings. The van der Waals surface area contributed by atoms with Crippen LogP contribution in [0.25, 0.3) is 0 Å². The lowest BCUT2D eigenvalue weighted by Crippen LogP contribution is -2.52. The van der Waals surface area contributed by atoms with E-state index in [-0.39, 0.29) is 29.5 Å². The van der Waals surface area contributed by atoms with E-state index in [0.29, 0.717) is 32.6 Å². The number of nitrogens with one attached hydrogen (secondary N) is 1. The molecule has 0 saturated heterocycles. The number of unbranched alkanes of at least 4 members (excludes halogenated alkanes) is 3. The van der Waals surface area contributed by atoms with Gasteiger partial charge in [-0.25, -0.2) is 0 Å². The number of hydrogen-bond acceptors (Lipinski definition) is 6. The maximum Gasteiger partial charge on any atom is 0.323 e. The van der Waals surface area contributed by atoms with Crippen LogP contribution in [0.15, 0.2) is 0 Å². The number of carbonyl (C=O) groups is 2. The van der Waals surface area contributed by atoms with Gasteiger partial charge in [-0.05, 0) is 101 Å². The first-order valence-corrected chi connectivity index (χ1v) is 13.2. The standard InChI is InChI=1S/C26H45NO5/c1-3-31-24(29)10-8-6-5-7-9-22(25(30)32-4-2)27-12-11-23(28)26-16-19-13-20(17-26)15-21(14-19)18-26/h19-23,27-28H,3-18H2,1-2H3. The smallest absolute Gasteiger partial charge is 0.323 e. The Kier molecular flexibility index (Phi) is 9.84. The van der Waals surface area contributed by atoms with Crippen LogP contribution in [0.5, 0.6) is 0 Å². The number of aliphatic hydroxyl groups excluding tert-OH is 1. The van der Waals surface area contributed by atoms with Gasteiger partial charge in [0.05, 0.1) is 19.3 Å². The first-order valence-electron chi connectivity index (χ1n) is 13.2. The molecule has 0 amide bonds. The Morgan fingerprint density at radius 1 is 0.906 bits per heavy atom. The fraction of sp³-hybridized carbons (Fsp3) is 0.923. The summed E-state index contributed by atoms with van der Waals surface area (Å²) in [6.45, 7) is 5.12. The second-order valence-electron chi connectivity index (χ2n) is 10.6. The molecular formula is C26H45NO5. The van der Waals surface area contributed by atoms with Crippen LogP contribution in [0.4, 0.5) is 0 Å². The summed E-state index contributed by atoms with van der Waals surface area (Å²) in [6.07, 6.45) is 13.1. The van der Waals surface area contributed by atoms with Gasteiger partial charge in [-0.15, -0.1) is 0 Å². The highest BCUT2D eigenvalue weighted by molar-refractivity contribution is 5.75. The SMILES string of the molecule is CCOC(=O)CCCCCCC(NCCC(O)C12CC3CC(CC(C3)C1)C2)C(=O)OCC. The predicted molar refractivity (Wildman–Crippen MR) is 124 cm³/mol. The molecule has 0 radical (unpaired) electrons. The van der Waals surface area contributed by atoms with Crippen molar-refractivity contribution < 1.29 is 24.2 Å². The summed E-state index contributed by atoms with van der Waals surface area (Å²) in [5.41, 5.74) is 0.134. The lowest BCUT2D eigenvalue weighted by Gasteiger charge is -2.58. The molecule has 4 bridgehead atoms. The molecule has 2 N–H and O–H groups in total. The average Bonchev–Trinajstić information content (AvgIpc) is 2.74. The zero-order valence-corrected chi connectivity index (χ0v) is 20.3. The summed E-state index contributed by atoms with van der Waals surface area (Å²) in [6, 6.07) is -0.316. The third-order valence-corrected chi connectivity index (χ3v) is 8.10. The van der Waals surface area contributed by atoms with E-state index in [0.717, 1.165) is 49.9 Å². The molecule has 4 rings (SSSR count). The summed E-state index contributed by atoms with van der Waals surface area (Å²) in [4.78, 5) is 23.8. The van der Waals surface area contributed by atoms with Crippen LogP contribution in [0.2, 0.25) is 0 Å². The van der Waals surface area contributed by atoms with Crippen LogP contribution >= 0.6 is 0 Å². The van der Waals surface area contributed by atoms with Gasteiger partial charge in [-0.1, -0.05) is 19.3 Å². The van der Waals surface area contributed by atoms with Gasteiger partial charge in [0.15, 0.2) is 0 Å². The van der Waals surface area contributed by atoms with Crippen LogP contribution in [0.3, 0.4) is 0 Å². The van der Waals surface area contributed by atoms with E-state index in [1.54, 1.807) is 0 Å². The molecular weight excluding hydrogens is 406 g/mol. The van der Waals surface area contributed by atoms with Gasteiger partial charge in [0.2, 0.25) is 0 Å². The average molecular weight is 452 g/mol. The molecule has 0 spiro atoms. The molecule has 0 aromatic carbocycles. The Hall–Kier alpha value is -1.14. The Bertz CT molecular complexity index is 572. The molecule has 0 aromatic heterocycles. The van der Waals surface area contributed by atoms with Crippen molar-refractivity contribution in [3.8, 4) is 0 Å². The van der Waals surface area contributed by atoms with E-state index in [2.05, 4.69) is 5.32 Å². The molecule has 0 heterocycles. The quantitative estimate of drug-likeness (QED) is 0.284. The van der Waals surface area contributed by atoms with E-state index in [1.807, 2.05) is 13.8 Å². The maximum absolute atomic E-state index is 12.4. The molecule has 4 saturated carbocycles. The number of rotatable bonds is 15. The topological polar surface area (TPSA) is 84.9 Å². The second-order valence-corrected chi connectivity index (χ2v) is 10.6. The minimum absolute atomic E-state index is 0.129. The number of hydrogen-bond donors (Lipinski definition) is 2. The minimum Gasteiger partial charge on any atom is -0.466 e. The summed E-state index contributed by atoms with van der Waals surface area (Å²) >= 11 is 0. The van der Waals surface area contributed by atoms with Gasteiger partial charge in [0.25, 0.3) is 0 Å². The third-order valence-electron chi connectivity index (χ3n) is 8.10. The zero-order chi connectivity index (χ0) is 23.0. The number of carbonyl (C=O) groups excluding carboxylic acids is 2. The van der Waals surface area contributed by atoms with Crippen molar-refractivity contribution in [2.24, 2.45) is 23.2 Å². The molecule has 0 aromatic rings. The summed E-state index contributed by atoms with van der Waals surface area (Å²) in [7, 11) is 0. The molecule has 4 aliphatic carbocycles. The van der Waals surface area contributed by atoms with Gasteiger partial charge < -0.3 is 19.9 Å². The first kappa shape index (κ1) is 25.5. The van der Waals surface area contributed by atoms with Gasteiger partial charge in [0, 0.05) is 6.42 Å². The Morgan fingerprint density at radius 2 is 1.50 bits per heavy atom. The molecule has 2 atom stereocenters. The highest BCUT2D eigenvalue weighted by Gasteiger charge is 2.53. The van der Waals surface area contributed by atoms with Crippen molar-refractivity contribution in [1.82, 2.24) is 5.32 Å². The third kappa shape index (κ3) is 6.93. The van der Waals surface area contributed by atoms with Crippen molar-refractivity contribution in [2.45, 2.75) is 109 Å². The molecule has 32 heavy (non-hydrogen) atoms. The van der Waals surface area contributed by atoms with Gasteiger partial charge >= 0.3 is 11.9 Å². The number of esters is 2. The highest BCUT2D eigenvalue weighted by atomic mass is 16.5. The van der Waals surface area contributed by atoms with E-state index in [1.165, 1.54) is 38.5 Å². The van der Waals surface area contributed by atoms with E-state index in [4.69, 9.17) is 9.47 Å². The van der Waals surface area contributed by atoms with Crippen molar-refractivity contribution in [3.63, 3.8) is 0 Å². The van der Waals surface area contributed by atoms with Crippen molar-refractivity contribution in [2.75, 3.05) is 19.8 Å². The Balaban J connectivity index is 1.37. The minimum atomic E-state index is -0.316.